The summed E-state index contributed by atoms with van der Waals surface area (Å²) in [5.74, 6) is 0.642. The Bertz CT molecular complexity index is 666. The average molecular weight is 329 g/mol. The quantitative estimate of drug-likeness (QED) is 0.854. The first-order valence-electron chi connectivity index (χ1n) is 7.69. The highest BCUT2D eigenvalue weighted by atomic mass is 19.4. The molecule has 0 aliphatic carbocycles. The Labute approximate surface area is 133 Å². The van der Waals surface area contributed by atoms with Crippen LogP contribution < -0.4 is 5.32 Å². The van der Waals surface area contributed by atoms with Crippen LogP contribution in [0.2, 0.25) is 0 Å². The molecule has 7 heteroatoms. The van der Waals surface area contributed by atoms with Crippen LogP contribution in [0.4, 0.5) is 13.2 Å². The summed E-state index contributed by atoms with van der Waals surface area (Å²) in [6.07, 6.45) is -3.21. The first kappa shape index (κ1) is 17.7. The van der Waals surface area contributed by atoms with Gasteiger partial charge >= 0.3 is 6.18 Å². The number of halogens is 3. The zero-order chi connectivity index (χ0) is 17.2. The number of nitrogens with zero attached hydrogens (tertiary/aromatic N) is 2. The van der Waals surface area contributed by atoms with E-state index >= 15 is 0 Å². The molecule has 1 aromatic heterocycles. The smallest absolute Gasteiger partial charge is 0.392 e. The Balaban J connectivity index is 2.22. The zero-order valence-corrected chi connectivity index (χ0v) is 13.5. The number of aliphatic hydroxyl groups is 1. The lowest BCUT2D eigenvalue weighted by Gasteiger charge is -2.16. The Hall–Kier alpha value is -1.60. The summed E-state index contributed by atoms with van der Waals surface area (Å²) in [6, 6.07) is 3.40. The number of aromatic nitrogens is 2. The van der Waals surface area contributed by atoms with E-state index in [9.17, 15) is 18.3 Å². The maximum atomic E-state index is 12.8. The van der Waals surface area contributed by atoms with Crippen LogP contribution in [0.15, 0.2) is 18.2 Å². The van der Waals surface area contributed by atoms with Gasteiger partial charge in [-0.1, -0.05) is 13.3 Å². The number of benzene rings is 1. The van der Waals surface area contributed by atoms with Crippen molar-refractivity contribution in [2.75, 3.05) is 6.54 Å². The Morgan fingerprint density at radius 3 is 2.65 bits per heavy atom. The van der Waals surface area contributed by atoms with Gasteiger partial charge in [0.2, 0.25) is 0 Å². The van der Waals surface area contributed by atoms with Gasteiger partial charge in [-0.15, -0.1) is 0 Å². The predicted octanol–water partition coefficient (Wildman–Crippen LogP) is 3.40. The van der Waals surface area contributed by atoms with E-state index in [1.54, 1.807) is 11.6 Å². The molecular weight excluding hydrogens is 307 g/mol. The van der Waals surface area contributed by atoms with E-state index in [1.807, 2.05) is 13.8 Å². The minimum atomic E-state index is -4.37. The Morgan fingerprint density at radius 2 is 2.04 bits per heavy atom. The molecule has 0 saturated carbocycles. The van der Waals surface area contributed by atoms with E-state index < -0.39 is 17.8 Å². The highest BCUT2D eigenvalue weighted by Crippen LogP contribution is 2.31. The standard InChI is InChI=1S/C16H22F3N3O/c1-4-5-12(23)9-20-10(2)15-21-13-8-11(16(17,18)19)6-7-14(13)22(15)3/h6-8,10,12,20,23H,4-5,9H2,1-3H3. The van der Waals surface area contributed by atoms with Crippen molar-refractivity contribution in [1.82, 2.24) is 14.9 Å². The van der Waals surface area contributed by atoms with Crippen LogP contribution in [-0.2, 0) is 13.2 Å². The van der Waals surface area contributed by atoms with Crippen LogP contribution in [0, 0.1) is 0 Å². The minimum absolute atomic E-state index is 0.173. The molecule has 23 heavy (non-hydrogen) atoms. The van der Waals surface area contributed by atoms with Crippen molar-refractivity contribution in [1.29, 1.82) is 0 Å². The normalized spacial score (nSPS) is 15.1. The van der Waals surface area contributed by atoms with Crippen LogP contribution in [0.25, 0.3) is 11.0 Å². The molecule has 2 rings (SSSR count). The summed E-state index contributed by atoms with van der Waals surface area (Å²) in [4.78, 5) is 4.33. The van der Waals surface area contributed by atoms with E-state index in [0.717, 1.165) is 18.6 Å². The molecule has 0 spiro atoms. The third-order valence-corrected chi connectivity index (χ3v) is 3.91. The average Bonchev–Trinajstić information content (AvgIpc) is 2.81. The minimum Gasteiger partial charge on any atom is -0.392 e. The molecule has 0 aliphatic rings. The largest absolute Gasteiger partial charge is 0.416 e. The van der Waals surface area contributed by atoms with Crippen molar-refractivity contribution < 1.29 is 18.3 Å². The summed E-state index contributed by atoms with van der Waals surface area (Å²) >= 11 is 0. The summed E-state index contributed by atoms with van der Waals surface area (Å²) in [5, 5.41) is 12.9. The molecule has 0 saturated heterocycles. The van der Waals surface area contributed by atoms with Gasteiger partial charge in [-0.05, 0) is 31.5 Å². The summed E-state index contributed by atoms with van der Waals surface area (Å²) < 4.78 is 40.1. The topological polar surface area (TPSA) is 50.1 Å². The fraction of sp³-hybridized carbons (Fsp3) is 0.562. The Kier molecular flexibility index (Phi) is 5.31. The van der Waals surface area contributed by atoms with Crippen molar-refractivity contribution in [3.63, 3.8) is 0 Å². The van der Waals surface area contributed by atoms with Gasteiger partial charge in [-0.3, -0.25) is 0 Å². The van der Waals surface area contributed by atoms with E-state index in [-0.39, 0.29) is 6.04 Å². The molecule has 2 unspecified atom stereocenters. The van der Waals surface area contributed by atoms with Gasteiger partial charge in [0, 0.05) is 13.6 Å². The molecule has 0 radical (unpaired) electrons. The second-order valence-corrected chi connectivity index (χ2v) is 5.80. The number of nitrogens with one attached hydrogen (secondary N) is 1. The number of fused-ring (bicyclic) bond motifs is 1. The molecule has 4 nitrogen and oxygen atoms in total. The van der Waals surface area contributed by atoms with Gasteiger partial charge in [0.05, 0.1) is 28.7 Å². The highest BCUT2D eigenvalue weighted by molar-refractivity contribution is 5.77. The fourth-order valence-corrected chi connectivity index (χ4v) is 2.62. The highest BCUT2D eigenvalue weighted by Gasteiger charge is 2.31. The van der Waals surface area contributed by atoms with E-state index in [1.165, 1.54) is 6.07 Å². The van der Waals surface area contributed by atoms with Gasteiger partial charge < -0.3 is 15.0 Å². The number of alkyl halides is 3. The Morgan fingerprint density at radius 1 is 1.35 bits per heavy atom. The zero-order valence-electron chi connectivity index (χ0n) is 13.5. The molecule has 0 fully saturated rings. The van der Waals surface area contributed by atoms with Gasteiger partial charge in [-0.2, -0.15) is 13.2 Å². The van der Waals surface area contributed by atoms with Crippen LogP contribution in [-0.4, -0.2) is 27.3 Å². The van der Waals surface area contributed by atoms with E-state index in [2.05, 4.69) is 10.3 Å². The molecule has 0 bridgehead atoms. The second-order valence-electron chi connectivity index (χ2n) is 5.80. The maximum absolute atomic E-state index is 12.8. The molecule has 1 aromatic carbocycles. The van der Waals surface area contributed by atoms with Gasteiger partial charge in [0.1, 0.15) is 5.82 Å². The third kappa shape index (κ3) is 4.03. The SMILES string of the molecule is CCCC(O)CNC(C)c1nc2cc(C(F)(F)F)ccc2n1C. The van der Waals surface area contributed by atoms with E-state index in [4.69, 9.17) is 0 Å². The van der Waals surface area contributed by atoms with Crippen LogP contribution in [0.3, 0.4) is 0 Å². The lowest BCUT2D eigenvalue weighted by atomic mass is 10.2. The summed E-state index contributed by atoms with van der Waals surface area (Å²) in [7, 11) is 1.78. The molecular formula is C16H22F3N3O. The summed E-state index contributed by atoms with van der Waals surface area (Å²) in [6.45, 7) is 4.30. The fourth-order valence-electron chi connectivity index (χ4n) is 2.62. The van der Waals surface area contributed by atoms with Crippen molar-refractivity contribution >= 4 is 11.0 Å². The van der Waals surface area contributed by atoms with Crippen molar-refractivity contribution in [2.24, 2.45) is 7.05 Å². The molecule has 1 heterocycles. The molecule has 0 aliphatic heterocycles. The lowest BCUT2D eigenvalue weighted by Crippen LogP contribution is -2.30. The van der Waals surface area contributed by atoms with Crippen LogP contribution in [0.5, 0.6) is 0 Å². The summed E-state index contributed by atoms with van der Waals surface area (Å²) in [5.41, 5.74) is 0.268. The molecule has 128 valence electrons. The van der Waals surface area contributed by atoms with Crippen LogP contribution >= 0.6 is 0 Å². The maximum Gasteiger partial charge on any atom is 0.416 e. The van der Waals surface area contributed by atoms with Crippen molar-refractivity contribution in [3.8, 4) is 0 Å². The molecule has 0 amide bonds. The monoisotopic (exact) mass is 329 g/mol. The van der Waals surface area contributed by atoms with Crippen LogP contribution in [0.1, 0.15) is 44.1 Å². The van der Waals surface area contributed by atoms with E-state index in [0.29, 0.717) is 29.8 Å². The molecule has 2 atom stereocenters. The number of rotatable bonds is 6. The van der Waals surface area contributed by atoms with Crippen molar-refractivity contribution in [2.45, 2.75) is 45.0 Å². The van der Waals surface area contributed by atoms with Gasteiger partial charge in [0.15, 0.2) is 0 Å². The number of hydrogen-bond acceptors (Lipinski definition) is 3. The molecule has 2 N–H and O–H groups in total. The van der Waals surface area contributed by atoms with Gasteiger partial charge in [-0.25, -0.2) is 4.98 Å². The first-order valence-corrected chi connectivity index (χ1v) is 7.69. The van der Waals surface area contributed by atoms with Crippen molar-refractivity contribution in [3.05, 3.63) is 29.6 Å². The number of imidazole rings is 1. The first-order chi connectivity index (χ1) is 10.7. The molecule has 2 aromatic rings. The second kappa shape index (κ2) is 6.88. The number of aryl methyl sites for hydroxylation is 1. The number of aliphatic hydroxyl groups excluding tert-OH is 1. The number of hydrogen-bond donors (Lipinski definition) is 2. The third-order valence-electron chi connectivity index (χ3n) is 3.91. The predicted molar refractivity (Wildman–Crippen MR) is 83.0 cm³/mol. The van der Waals surface area contributed by atoms with Gasteiger partial charge in [0.25, 0.3) is 0 Å². The lowest BCUT2D eigenvalue weighted by molar-refractivity contribution is -0.137.